The van der Waals surface area contributed by atoms with Gasteiger partial charge in [-0.3, -0.25) is 4.79 Å². The number of rotatable bonds is 6. The van der Waals surface area contributed by atoms with Crippen molar-refractivity contribution in [3.05, 3.63) is 98.5 Å². The minimum atomic E-state index is -0.502. The zero-order chi connectivity index (χ0) is 18.4. The predicted octanol–water partition coefficient (Wildman–Crippen LogP) is 4.34. The second-order valence-electron chi connectivity index (χ2n) is 5.44. The Morgan fingerprint density at radius 3 is 2.54 bits per heavy atom. The van der Waals surface area contributed by atoms with E-state index in [1.165, 1.54) is 12.3 Å². The van der Waals surface area contributed by atoms with Gasteiger partial charge in [-0.05, 0) is 23.8 Å². The number of hydrogen-bond acceptors (Lipinski definition) is 5. The summed E-state index contributed by atoms with van der Waals surface area (Å²) < 4.78 is 16.7. The Morgan fingerprint density at radius 1 is 1.00 bits per heavy atom. The summed E-state index contributed by atoms with van der Waals surface area (Å²) in [7, 11) is 0. The Hall–Kier alpha value is -2.86. The Morgan fingerprint density at radius 2 is 1.81 bits per heavy atom. The van der Waals surface area contributed by atoms with E-state index in [1.54, 1.807) is 18.2 Å². The molecule has 0 aliphatic carbocycles. The SMILES string of the molecule is O=C(OCc1cc(=O)c(OCc2ccccc2)co1)c1cccc(Br)c1. The van der Waals surface area contributed by atoms with Gasteiger partial charge < -0.3 is 13.9 Å². The van der Waals surface area contributed by atoms with Crippen LogP contribution in [0.1, 0.15) is 21.7 Å². The molecule has 5 nitrogen and oxygen atoms in total. The van der Waals surface area contributed by atoms with Crippen LogP contribution < -0.4 is 10.2 Å². The third kappa shape index (κ3) is 4.83. The van der Waals surface area contributed by atoms with Crippen molar-refractivity contribution in [2.75, 3.05) is 0 Å². The van der Waals surface area contributed by atoms with Crippen LogP contribution in [-0.2, 0) is 18.0 Å². The molecule has 26 heavy (non-hydrogen) atoms. The zero-order valence-corrected chi connectivity index (χ0v) is 15.3. The molecule has 0 bridgehead atoms. The van der Waals surface area contributed by atoms with E-state index >= 15 is 0 Å². The van der Waals surface area contributed by atoms with Crippen molar-refractivity contribution in [3.8, 4) is 5.75 Å². The summed E-state index contributed by atoms with van der Waals surface area (Å²) in [5, 5.41) is 0. The second kappa shape index (κ2) is 8.49. The van der Waals surface area contributed by atoms with Crippen LogP contribution in [0.25, 0.3) is 0 Å². The summed E-state index contributed by atoms with van der Waals surface area (Å²) in [4.78, 5) is 24.1. The van der Waals surface area contributed by atoms with E-state index < -0.39 is 5.97 Å². The molecule has 1 aromatic heterocycles. The van der Waals surface area contributed by atoms with Crippen LogP contribution in [-0.4, -0.2) is 5.97 Å². The summed E-state index contributed by atoms with van der Waals surface area (Å²) >= 11 is 3.29. The lowest BCUT2D eigenvalue weighted by atomic mass is 10.2. The Balaban J connectivity index is 1.59. The molecule has 0 fully saturated rings. The van der Waals surface area contributed by atoms with Crippen molar-refractivity contribution in [1.29, 1.82) is 0 Å². The summed E-state index contributed by atoms with van der Waals surface area (Å²) in [6.07, 6.45) is 1.23. The molecule has 132 valence electrons. The first kappa shape index (κ1) is 17.9. The van der Waals surface area contributed by atoms with E-state index in [2.05, 4.69) is 15.9 Å². The van der Waals surface area contributed by atoms with Gasteiger partial charge in [0.1, 0.15) is 25.2 Å². The van der Waals surface area contributed by atoms with Crippen LogP contribution in [0.4, 0.5) is 0 Å². The molecule has 2 aromatic carbocycles. The van der Waals surface area contributed by atoms with Crippen LogP contribution in [0.2, 0.25) is 0 Å². The molecule has 0 saturated heterocycles. The fraction of sp³-hybridized carbons (Fsp3) is 0.100. The zero-order valence-electron chi connectivity index (χ0n) is 13.7. The van der Waals surface area contributed by atoms with Gasteiger partial charge in [0.2, 0.25) is 11.2 Å². The largest absolute Gasteiger partial charge is 0.482 e. The van der Waals surface area contributed by atoms with Gasteiger partial charge in [0.15, 0.2) is 0 Å². The molecule has 0 aliphatic rings. The number of ether oxygens (including phenoxy) is 2. The molecule has 0 unspecified atom stereocenters. The van der Waals surface area contributed by atoms with Gasteiger partial charge in [-0.15, -0.1) is 0 Å². The molecular weight excluding hydrogens is 400 g/mol. The summed E-state index contributed by atoms with van der Waals surface area (Å²) in [5.74, 6) is -0.153. The first-order valence-corrected chi connectivity index (χ1v) is 8.62. The monoisotopic (exact) mass is 414 g/mol. The number of esters is 1. The van der Waals surface area contributed by atoms with Crippen LogP contribution in [0, 0.1) is 0 Å². The number of carbonyl (C=O) groups excluding carboxylic acids is 1. The smallest absolute Gasteiger partial charge is 0.338 e. The van der Waals surface area contributed by atoms with Gasteiger partial charge in [-0.25, -0.2) is 4.79 Å². The van der Waals surface area contributed by atoms with E-state index in [4.69, 9.17) is 13.9 Å². The maximum absolute atomic E-state index is 12.1. The molecule has 3 aromatic rings. The van der Waals surface area contributed by atoms with Gasteiger partial charge in [-0.1, -0.05) is 52.3 Å². The first-order chi connectivity index (χ1) is 12.6. The van der Waals surface area contributed by atoms with Crippen molar-refractivity contribution >= 4 is 21.9 Å². The molecule has 0 radical (unpaired) electrons. The quantitative estimate of drug-likeness (QED) is 0.561. The topological polar surface area (TPSA) is 65.7 Å². The fourth-order valence-corrected chi connectivity index (χ4v) is 2.59. The maximum atomic E-state index is 12.1. The number of halogens is 1. The lowest BCUT2D eigenvalue weighted by Gasteiger charge is -2.07. The third-order valence-electron chi connectivity index (χ3n) is 3.50. The summed E-state index contributed by atoms with van der Waals surface area (Å²) in [5.41, 5.74) is 1.02. The van der Waals surface area contributed by atoms with Crippen molar-refractivity contribution in [2.24, 2.45) is 0 Å². The average Bonchev–Trinajstić information content (AvgIpc) is 2.66. The third-order valence-corrected chi connectivity index (χ3v) is 3.99. The predicted molar refractivity (Wildman–Crippen MR) is 99.0 cm³/mol. The van der Waals surface area contributed by atoms with Crippen LogP contribution in [0.5, 0.6) is 5.75 Å². The molecule has 0 N–H and O–H groups in total. The molecule has 6 heteroatoms. The Bertz CT molecular complexity index is 950. The van der Waals surface area contributed by atoms with E-state index in [1.807, 2.05) is 36.4 Å². The molecule has 0 saturated carbocycles. The van der Waals surface area contributed by atoms with E-state index in [0.29, 0.717) is 5.56 Å². The van der Waals surface area contributed by atoms with E-state index in [0.717, 1.165) is 10.0 Å². The minimum absolute atomic E-state index is 0.107. The molecular formula is C20H15BrO5. The summed E-state index contributed by atoms with van der Waals surface area (Å²) in [6, 6.07) is 17.6. The summed E-state index contributed by atoms with van der Waals surface area (Å²) in [6.45, 7) is 0.127. The van der Waals surface area contributed by atoms with Crippen molar-refractivity contribution < 1.29 is 18.7 Å². The maximum Gasteiger partial charge on any atom is 0.338 e. The van der Waals surface area contributed by atoms with Gasteiger partial charge in [0.25, 0.3) is 0 Å². The van der Waals surface area contributed by atoms with Crippen molar-refractivity contribution in [3.63, 3.8) is 0 Å². The lowest BCUT2D eigenvalue weighted by molar-refractivity contribution is 0.0442. The van der Waals surface area contributed by atoms with E-state index in [9.17, 15) is 9.59 Å². The average molecular weight is 415 g/mol. The Kier molecular flexibility index (Phi) is 5.86. The molecule has 0 atom stereocenters. The van der Waals surface area contributed by atoms with Crippen molar-refractivity contribution in [2.45, 2.75) is 13.2 Å². The van der Waals surface area contributed by atoms with Gasteiger partial charge in [-0.2, -0.15) is 0 Å². The molecule has 0 amide bonds. The highest BCUT2D eigenvalue weighted by molar-refractivity contribution is 9.10. The number of benzene rings is 2. The van der Waals surface area contributed by atoms with Crippen molar-refractivity contribution in [1.82, 2.24) is 0 Å². The van der Waals surface area contributed by atoms with E-state index in [-0.39, 0.29) is 30.2 Å². The van der Waals surface area contributed by atoms with Gasteiger partial charge in [0.05, 0.1) is 5.56 Å². The Labute approximate surface area is 158 Å². The normalized spacial score (nSPS) is 10.3. The highest BCUT2D eigenvalue weighted by Gasteiger charge is 2.10. The van der Waals surface area contributed by atoms with Gasteiger partial charge in [0, 0.05) is 10.5 Å². The molecule has 3 rings (SSSR count). The molecule has 0 aliphatic heterocycles. The van der Waals surface area contributed by atoms with Crippen LogP contribution >= 0.6 is 15.9 Å². The number of hydrogen-bond donors (Lipinski definition) is 0. The first-order valence-electron chi connectivity index (χ1n) is 7.83. The molecule has 0 spiro atoms. The fourth-order valence-electron chi connectivity index (χ4n) is 2.19. The van der Waals surface area contributed by atoms with Gasteiger partial charge >= 0.3 is 5.97 Å². The highest BCUT2D eigenvalue weighted by atomic mass is 79.9. The standard InChI is InChI=1S/C20H15BrO5/c21-16-8-4-7-15(9-16)20(23)26-12-17-10-18(22)19(13-24-17)25-11-14-5-2-1-3-6-14/h1-10,13H,11-12H2. The number of carbonyl (C=O) groups is 1. The van der Waals surface area contributed by atoms with Crippen LogP contribution in [0.3, 0.4) is 0 Å². The second-order valence-corrected chi connectivity index (χ2v) is 6.35. The highest BCUT2D eigenvalue weighted by Crippen LogP contribution is 2.14. The van der Waals surface area contributed by atoms with Crippen LogP contribution in [0.15, 0.2) is 80.6 Å². The minimum Gasteiger partial charge on any atom is -0.482 e. The lowest BCUT2D eigenvalue weighted by Crippen LogP contribution is -2.10. The molecule has 1 heterocycles.